The number of tetrazole rings is 1. The minimum atomic E-state index is 0.229. The Morgan fingerprint density at radius 2 is 2.55 bits per heavy atom. The van der Waals surface area contributed by atoms with Crippen LogP contribution in [0.2, 0.25) is 0 Å². The van der Waals surface area contributed by atoms with E-state index in [0.717, 1.165) is 17.3 Å². The van der Waals surface area contributed by atoms with Crippen molar-refractivity contribution in [1.29, 1.82) is 0 Å². The first-order chi connectivity index (χ1) is 5.29. The van der Waals surface area contributed by atoms with Gasteiger partial charge in [0.25, 0.3) is 0 Å². The van der Waals surface area contributed by atoms with Crippen molar-refractivity contribution in [2.75, 3.05) is 5.75 Å². The minimum absolute atomic E-state index is 0.229. The van der Waals surface area contributed by atoms with Gasteiger partial charge in [-0.3, -0.25) is 0 Å². The second-order valence-electron chi connectivity index (χ2n) is 2.32. The van der Waals surface area contributed by atoms with Gasteiger partial charge in [-0.05, 0) is 6.92 Å². The van der Waals surface area contributed by atoms with Crippen LogP contribution in [0, 0.1) is 0 Å². The first-order valence-electron chi connectivity index (χ1n) is 3.34. The summed E-state index contributed by atoms with van der Waals surface area (Å²) >= 11 is 1.71. The Hall–Kier alpha value is -0.620. The Morgan fingerprint density at radius 3 is 3.09 bits per heavy atom. The topological polar surface area (TPSA) is 80.5 Å². The maximum atomic E-state index is 5.55. The Kier molecular flexibility index (Phi) is 3.31. The molecule has 0 saturated carbocycles. The van der Waals surface area contributed by atoms with Gasteiger partial charge in [-0.1, -0.05) is 5.21 Å². The van der Waals surface area contributed by atoms with Gasteiger partial charge < -0.3 is 5.73 Å². The molecule has 0 aliphatic heterocycles. The first kappa shape index (κ1) is 8.48. The van der Waals surface area contributed by atoms with E-state index in [0.29, 0.717) is 0 Å². The van der Waals surface area contributed by atoms with E-state index in [9.17, 15) is 0 Å². The highest BCUT2D eigenvalue weighted by Crippen LogP contribution is 2.06. The van der Waals surface area contributed by atoms with Crippen LogP contribution in [0.1, 0.15) is 12.7 Å². The van der Waals surface area contributed by atoms with Crippen LogP contribution in [0.5, 0.6) is 0 Å². The highest BCUT2D eigenvalue weighted by molar-refractivity contribution is 7.98. The molecule has 1 unspecified atom stereocenters. The van der Waals surface area contributed by atoms with Crippen LogP contribution in [0.4, 0.5) is 0 Å². The van der Waals surface area contributed by atoms with Crippen LogP contribution >= 0.6 is 11.8 Å². The molecule has 0 saturated heterocycles. The summed E-state index contributed by atoms with van der Waals surface area (Å²) in [6, 6.07) is 0.229. The van der Waals surface area contributed by atoms with E-state index in [1.807, 2.05) is 6.92 Å². The molecule has 11 heavy (non-hydrogen) atoms. The van der Waals surface area contributed by atoms with Crippen molar-refractivity contribution in [2.24, 2.45) is 5.73 Å². The maximum Gasteiger partial charge on any atom is 0.184 e. The fourth-order valence-electron chi connectivity index (χ4n) is 0.580. The lowest BCUT2D eigenvalue weighted by atomic mass is 10.4. The SMILES string of the molecule is CC(N)CSCc1nn[nH]n1. The third-order valence-electron chi connectivity index (χ3n) is 1.00. The normalized spacial score (nSPS) is 13.3. The van der Waals surface area contributed by atoms with E-state index >= 15 is 0 Å². The summed E-state index contributed by atoms with van der Waals surface area (Å²) < 4.78 is 0. The van der Waals surface area contributed by atoms with Gasteiger partial charge in [0, 0.05) is 11.8 Å². The smallest absolute Gasteiger partial charge is 0.184 e. The van der Waals surface area contributed by atoms with Crippen LogP contribution in [0.25, 0.3) is 0 Å². The maximum absolute atomic E-state index is 5.55. The van der Waals surface area contributed by atoms with Gasteiger partial charge in [0.05, 0.1) is 5.75 Å². The van der Waals surface area contributed by atoms with Crippen molar-refractivity contribution in [3.8, 4) is 0 Å². The van der Waals surface area contributed by atoms with Crippen molar-refractivity contribution < 1.29 is 0 Å². The van der Waals surface area contributed by atoms with Gasteiger partial charge in [0.1, 0.15) is 0 Å². The molecular formula is C5H11N5S. The Balaban J connectivity index is 2.14. The van der Waals surface area contributed by atoms with E-state index in [-0.39, 0.29) is 6.04 Å². The number of nitrogens with one attached hydrogen (secondary N) is 1. The first-order valence-corrected chi connectivity index (χ1v) is 4.50. The molecule has 3 N–H and O–H groups in total. The van der Waals surface area contributed by atoms with E-state index in [1.165, 1.54) is 0 Å². The standard InChI is InChI=1S/C5H11N5S/c1-4(6)2-11-3-5-7-9-10-8-5/h4H,2-3,6H2,1H3,(H,7,8,9,10). The molecule has 0 radical (unpaired) electrons. The van der Waals surface area contributed by atoms with Crippen molar-refractivity contribution >= 4 is 11.8 Å². The molecule has 1 atom stereocenters. The summed E-state index contributed by atoms with van der Waals surface area (Å²) in [7, 11) is 0. The summed E-state index contributed by atoms with van der Waals surface area (Å²) in [4.78, 5) is 0. The van der Waals surface area contributed by atoms with Gasteiger partial charge in [0.15, 0.2) is 5.82 Å². The number of hydrogen-bond donors (Lipinski definition) is 2. The zero-order valence-corrected chi connectivity index (χ0v) is 7.14. The Morgan fingerprint density at radius 1 is 1.73 bits per heavy atom. The summed E-state index contributed by atoms with van der Waals surface area (Å²) in [5.41, 5.74) is 5.55. The predicted molar refractivity (Wildman–Crippen MR) is 44.0 cm³/mol. The zero-order valence-electron chi connectivity index (χ0n) is 6.32. The fraction of sp³-hybridized carbons (Fsp3) is 0.800. The van der Waals surface area contributed by atoms with Crippen LogP contribution in [-0.2, 0) is 5.75 Å². The lowest BCUT2D eigenvalue weighted by molar-refractivity contribution is 0.846. The minimum Gasteiger partial charge on any atom is -0.327 e. The number of aromatic nitrogens is 4. The van der Waals surface area contributed by atoms with Gasteiger partial charge in [-0.25, -0.2) is 0 Å². The molecule has 1 rings (SSSR count). The lowest BCUT2D eigenvalue weighted by Crippen LogP contribution is -2.17. The largest absolute Gasteiger partial charge is 0.327 e. The number of nitrogens with two attached hydrogens (primary N) is 1. The number of aromatic amines is 1. The molecule has 0 aromatic carbocycles. The molecule has 62 valence electrons. The molecule has 0 bridgehead atoms. The highest BCUT2D eigenvalue weighted by atomic mass is 32.2. The van der Waals surface area contributed by atoms with Crippen LogP contribution in [0.3, 0.4) is 0 Å². The number of hydrogen-bond acceptors (Lipinski definition) is 5. The molecular weight excluding hydrogens is 162 g/mol. The highest BCUT2D eigenvalue weighted by Gasteiger charge is 1.99. The van der Waals surface area contributed by atoms with E-state index in [1.54, 1.807) is 11.8 Å². The van der Waals surface area contributed by atoms with Crippen molar-refractivity contribution in [3.05, 3.63) is 5.82 Å². The molecule has 0 fully saturated rings. The van der Waals surface area contributed by atoms with Crippen molar-refractivity contribution in [1.82, 2.24) is 20.6 Å². The number of H-pyrrole nitrogens is 1. The van der Waals surface area contributed by atoms with Gasteiger partial charge in [-0.2, -0.15) is 17.0 Å². The summed E-state index contributed by atoms with van der Waals surface area (Å²) in [5.74, 6) is 2.43. The Labute approximate surface area is 69.1 Å². The van der Waals surface area contributed by atoms with Gasteiger partial charge >= 0.3 is 0 Å². The van der Waals surface area contributed by atoms with Gasteiger partial charge in [0.2, 0.25) is 0 Å². The zero-order chi connectivity index (χ0) is 8.10. The average molecular weight is 173 g/mol. The third kappa shape index (κ3) is 3.33. The van der Waals surface area contributed by atoms with E-state index < -0.39 is 0 Å². The monoisotopic (exact) mass is 173 g/mol. The van der Waals surface area contributed by atoms with Crippen molar-refractivity contribution in [3.63, 3.8) is 0 Å². The predicted octanol–water partition coefficient (Wildman–Crippen LogP) is -0.220. The fourth-order valence-corrected chi connectivity index (χ4v) is 1.37. The molecule has 1 aromatic rings. The molecule has 0 aliphatic rings. The third-order valence-corrected chi connectivity index (χ3v) is 2.22. The van der Waals surface area contributed by atoms with Crippen LogP contribution in [-0.4, -0.2) is 32.4 Å². The summed E-state index contributed by atoms with van der Waals surface area (Å²) in [5, 5.41) is 13.4. The molecule has 1 heterocycles. The lowest BCUT2D eigenvalue weighted by Gasteiger charge is -2.00. The molecule has 0 spiro atoms. The average Bonchev–Trinajstić information content (AvgIpc) is 2.39. The Bertz CT molecular complexity index is 185. The summed E-state index contributed by atoms with van der Waals surface area (Å²) in [6.07, 6.45) is 0. The molecule has 0 amide bonds. The van der Waals surface area contributed by atoms with Gasteiger partial charge in [-0.15, -0.1) is 10.2 Å². The number of nitrogens with zero attached hydrogens (tertiary/aromatic N) is 3. The van der Waals surface area contributed by atoms with Crippen LogP contribution < -0.4 is 5.73 Å². The van der Waals surface area contributed by atoms with E-state index in [2.05, 4.69) is 20.6 Å². The number of thioether (sulfide) groups is 1. The quantitative estimate of drug-likeness (QED) is 0.658. The molecule has 1 aromatic heterocycles. The molecule has 0 aliphatic carbocycles. The van der Waals surface area contributed by atoms with Crippen LogP contribution in [0.15, 0.2) is 0 Å². The molecule has 6 heteroatoms. The summed E-state index contributed by atoms with van der Waals surface area (Å²) in [6.45, 7) is 1.98. The molecule has 5 nitrogen and oxygen atoms in total. The second kappa shape index (κ2) is 4.30. The van der Waals surface area contributed by atoms with E-state index in [4.69, 9.17) is 5.73 Å². The van der Waals surface area contributed by atoms with Crippen molar-refractivity contribution in [2.45, 2.75) is 18.7 Å². The number of rotatable bonds is 4. The second-order valence-corrected chi connectivity index (χ2v) is 3.35.